The van der Waals surface area contributed by atoms with E-state index in [1.807, 2.05) is 0 Å². The standard InChI is InChI=1S/C10H8BrNO3/c1-2-9(13)12-7-4-3-6(11)5-8(7)15-10(12)14/h3-5H,2H2,1H3. The number of carbonyl (C=O) groups excluding carboxylic acids is 1. The van der Waals surface area contributed by atoms with Gasteiger partial charge in [0.2, 0.25) is 5.91 Å². The Labute approximate surface area is 93.6 Å². The fourth-order valence-corrected chi connectivity index (χ4v) is 1.73. The number of hydrogen-bond acceptors (Lipinski definition) is 3. The van der Waals surface area contributed by atoms with Gasteiger partial charge >= 0.3 is 5.76 Å². The van der Waals surface area contributed by atoms with Crippen LogP contribution in [0.5, 0.6) is 0 Å². The van der Waals surface area contributed by atoms with Crippen molar-refractivity contribution in [3.8, 4) is 0 Å². The maximum Gasteiger partial charge on any atom is 0.426 e. The molecule has 0 saturated carbocycles. The normalized spacial score (nSPS) is 10.8. The Morgan fingerprint density at radius 2 is 2.27 bits per heavy atom. The van der Waals surface area contributed by atoms with Crippen LogP contribution >= 0.6 is 15.9 Å². The molecule has 0 fully saturated rings. The number of rotatable bonds is 1. The third-order valence-electron chi connectivity index (χ3n) is 2.09. The Kier molecular flexibility index (Phi) is 2.48. The molecule has 15 heavy (non-hydrogen) atoms. The van der Waals surface area contributed by atoms with Crippen LogP contribution in [0.25, 0.3) is 11.1 Å². The lowest BCUT2D eigenvalue weighted by Crippen LogP contribution is -2.21. The molecule has 4 nitrogen and oxygen atoms in total. The van der Waals surface area contributed by atoms with Crippen LogP contribution in [0.3, 0.4) is 0 Å². The molecule has 0 bridgehead atoms. The van der Waals surface area contributed by atoms with Crippen molar-refractivity contribution in [2.45, 2.75) is 13.3 Å². The molecular formula is C10H8BrNO3. The summed E-state index contributed by atoms with van der Waals surface area (Å²) in [7, 11) is 0. The van der Waals surface area contributed by atoms with Crippen LogP contribution in [0.2, 0.25) is 0 Å². The molecule has 0 spiro atoms. The largest absolute Gasteiger partial charge is 0.426 e. The fraction of sp³-hybridized carbons (Fsp3) is 0.200. The van der Waals surface area contributed by atoms with Gasteiger partial charge in [0.25, 0.3) is 0 Å². The second kappa shape index (κ2) is 3.66. The van der Waals surface area contributed by atoms with Gasteiger partial charge in [-0.2, -0.15) is 0 Å². The van der Waals surface area contributed by atoms with Gasteiger partial charge in [-0.1, -0.05) is 22.9 Å². The minimum absolute atomic E-state index is 0.263. The molecule has 0 radical (unpaired) electrons. The third kappa shape index (κ3) is 1.63. The highest BCUT2D eigenvalue weighted by atomic mass is 79.9. The second-order valence-corrected chi connectivity index (χ2v) is 3.98. The molecule has 78 valence electrons. The molecule has 0 aliphatic rings. The van der Waals surface area contributed by atoms with E-state index in [1.165, 1.54) is 0 Å². The summed E-state index contributed by atoms with van der Waals surface area (Å²) in [5.74, 6) is -0.893. The molecule has 5 heteroatoms. The molecule has 1 aromatic heterocycles. The summed E-state index contributed by atoms with van der Waals surface area (Å²) in [5, 5.41) is 0. The first-order valence-electron chi connectivity index (χ1n) is 4.47. The maximum absolute atomic E-state index is 11.5. The topological polar surface area (TPSA) is 52.2 Å². The Morgan fingerprint density at radius 3 is 2.93 bits per heavy atom. The average molecular weight is 270 g/mol. The summed E-state index contributed by atoms with van der Waals surface area (Å²) in [6, 6.07) is 5.10. The van der Waals surface area contributed by atoms with Crippen LogP contribution in [-0.4, -0.2) is 10.5 Å². The summed E-state index contributed by atoms with van der Waals surface area (Å²) in [6.45, 7) is 1.70. The van der Waals surface area contributed by atoms with E-state index in [-0.39, 0.29) is 12.3 Å². The molecule has 0 amide bonds. The lowest BCUT2D eigenvalue weighted by atomic mass is 10.3. The Balaban J connectivity index is 2.80. The van der Waals surface area contributed by atoms with E-state index in [1.54, 1.807) is 25.1 Å². The molecule has 2 aromatic rings. The Hall–Kier alpha value is -1.36. The molecule has 0 unspecified atom stereocenters. The highest BCUT2D eigenvalue weighted by Gasteiger charge is 2.14. The Bertz CT molecular complexity index is 582. The first-order valence-corrected chi connectivity index (χ1v) is 5.27. The predicted molar refractivity (Wildman–Crippen MR) is 59.1 cm³/mol. The smallest absolute Gasteiger partial charge is 0.407 e. The summed E-state index contributed by atoms with van der Waals surface area (Å²) >= 11 is 3.26. The maximum atomic E-state index is 11.5. The minimum Gasteiger partial charge on any atom is -0.407 e. The zero-order chi connectivity index (χ0) is 11.0. The summed E-state index contributed by atoms with van der Waals surface area (Å²) in [6.07, 6.45) is 0.268. The van der Waals surface area contributed by atoms with Gasteiger partial charge in [0.05, 0.1) is 5.52 Å². The monoisotopic (exact) mass is 269 g/mol. The number of oxazole rings is 1. The SMILES string of the molecule is CCC(=O)n1c(=O)oc2cc(Br)ccc21. The van der Waals surface area contributed by atoms with Crippen molar-refractivity contribution in [3.05, 3.63) is 33.2 Å². The van der Waals surface area contributed by atoms with E-state index in [2.05, 4.69) is 15.9 Å². The van der Waals surface area contributed by atoms with Gasteiger partial charge in [0.1, 0.15) is 0 Å². The molecule has 0 saturated heterocycles. The number of benzene rings is 1. The molecular weight excluding hydrogens is 262 g/mol. The number of aromatic nitrogens is 1. The number of carbonyl (C=O) groups is 1. The molecule has 1 aromatic carbocycles. The van der Waals surface area contributed by atoms with Crippen LogP contribution in [0, 0.1) is 0 Å². The molecule has 2 rings (SSSR count). The Morgan fingerprint density at radius 1 is 1.53 bits per heavy atom. The van der Waals surface area contributed by atoms with Crippen molar-refractivity contribution in [2.75, 3.05) is 0 Å². The van der Waals surface area contributed by atoms with Gasteiger partial charge in [-0.15, -0.1) is 0 Å². The zero-order valence-corrected chi connectivity index (χ0v) is 9.58. The van der Waals surface area contributed by atoms with Crippen molar-refractivity contribution in [3.63, 3.8) is 0 Å². The van der Waals surface area contributed by atoms with Crippen molar-refractivity contribution in [2.24, 2.45) is 0 Å². The van der Waals surface area contributed by atoms with Crippen molar-refractivity contribution < 1.29 is 9.21 Å². The van der Waals surface area contributed by atoms with Crippen LogP contribution in [0.1, 0.15) is 18.1 Å². The lowest BCUT2D eigenvalue weighted by Gasteiger charge is -1.96. The molecule has 0 atom stereocenters. The van der Waals surface area contributed by atoms with E-state index in [0.717, 1.165) is 9.04 Å². The van der Waals surface area contributed by atoms with Gasteiger partial charge in [0, 0.05) is 10.9 Å². The number of nitrogens with zero attached hydrogens (tertiary/aromatic N) is 1. The fourth-order valence-electron chi connectivity index (χ4n) is 1.39. The van der Waals surface area contributed by atoms with E-state index < -0.39 is 5.76 Å². The number of halogens is 1. The predicted octanol–water partition coefficient (Wildman–Crippen LogP) is 2.41. The van der Waals surface area contributed by atoms with E-state index in [4.69, 9.17) is 4.42 Å². The van der Waals surface area contributed by atoms with Gasteiger partial charge < -0.3 is 4.42 Å². The van der Waals surface area contributed by atoms with Crippen molar-refractivity contribution in [1.29, 1.82) is 0 Å². The van der Waals surface area contributed by atoms with Crippen LogP contribution in [0.4, 0.5) is 0 Å². The quantitative estimate of drug-likeness (QED) is 0.799. The lowest BCUT2D eigenvalue weighted by molar-refractivity contribution is 0.0905. The average Bonchev–Trinajstić information content (AvgIpc) is 2.52. The van der Waals surface area contributed by atoms with E-state index >= 15 is 0 Å². The molecule has 0 aliphatic heterocycles. The highest BCUT2D eigenvalue weighted by Crippen LogP contribution is 2.18. The second-order valence-electron chi connectivity index (χ2n) is 3.06. The van der Waals surface area contributed by atoms with Gasteiger partial charge in [-0.25, -0.2) is 9.36 Å². The molecule has 1 heterocycles. The minimum atomic E-state index is -0.630. The molecule has 0 aliphatic carbocycles. The zero-order valence-electron chi connectivity index (χ0n) is 7.99. The molecule has 0 N–H and O–H groups in total. The van der Waals surface area contributed by atoms with Gasteiger partial charge in [-0.3, -0.25) is 4.79 Å². The highest BCUT2D eigenvalue weighted by molar-refractivity contribution is 9.10. The van der Waals surface area contributed by atoms with E-state index in [9.17, 15) is 9.59 Å². The summed E-state index contributed by atoms with van der Waals surface area (Å²) < 4.78 is 6.82. The number of fused-ring (bicyclic) bond motifs is 1. The first kappa shape index (κ1) is 10.2. The third-order valence-corrected chi connectivity index (χ3v) is 2.59. The van der Waals surface area contributed by atoms with Crippen molar-refractivity contribution in [1.82, 2.24) is 4.57 Å². The summed E-state index contributed by atoms with van der Waals surface area (Å²) in [5.41, 5.74) is 0.922. The van der Waals surface area contributed by atoms with Crippen LogP contribution in [0.15, 0.2) is 31.9 Å². The van der Waals surface area contributed by atoms with Crippen LogP contribution < -0.4 is 5.76 Å². The van der Waals surface area contributed by atoms with Gasteiger partial charge in [-0.05, 0) is 18.2 Å². The van der Waals surface area contributed by atoms with Crippen molar-refractivity contribution >= 4 is 32.9 Å². The van der Waals surface area contributed by atoms with E-state index in [0.29, 0.717) is 11.1 Å². The first-order chi connectivity index (χ1) is 7.13. The summed E-state index contributed by atoms with van der Waals surface area (Å²) in [4.78, 5) is 22.9. The van der Waals surface area contributed by atoms with Gasteiger partial charge in [0.15, 0.2) is 5.58 Å². The number of hydrogen-bond donors (Lipinski definition) is 0. The van der Waals surface area contributed by atoms with Crippen LogP contribution in [-0.2, 0) is 0 Å².